The Morgan fingerprint density at radius 2 is 2.00 bits per heavy atom. The molecule has 0 N–H and O–H groups in total. The van der Waals surface area contributed by atoms with Crippen molar-refractivity contribution in [1.82, 2.24) is 4.98 Å². The molecule has 2 aromatic rings. The molecule has 0 unspecified atom stereocenters. The highest BCUT2D eigenvalue weighted by Gasteiger charge is 2.14. The van der Waals surface area contributed by atoms with Crippen molar-refractivity contribution in [2.75, 3.05) is 31.2 Å². The molecule has 3 rings (SSSR count). The van der Waals surface area contributed by atoms with Gasteiger partial charge in [0.25, 0.3) is 0 Å². The van der Waals surface area contributed by atoms with Crippen LogP contribution in [0.25, 0.3) is 0 Å². The Kier molecular flexibility index (Phi) is 4.22. The average molecular weight is 295 g/mol. The summed E-state index contributed by atoms with van der Waals surface area (Å²) in [6.07, 6.45) is 0. The van der Waals surface area contributed by atoms with Crippen molar-refractivity contribution >= 4 is 5.82 Å². The molecule has 1 fully saturated rings. The predicted molar refractivity (Wildman–Crippen MR) is 83.2 cm³/mol. The summed E-state index contributed by atoms with van der Waals surface area (Å²) >= 11 is 0. The molecule has 5 heteroatoms. The minimum atomic E-state index is 0.518. The van der Waals surface area contributed by atoms with Gasteiger partial charge in [-0.05, 0) is 19.1 Å². The van der Waals surface area contributed by atoms with E-state index in [1.54, 1.807) is 12.1 Å². The lowest BCUT2D eigenvalue weighted by atomic mass is 10.2. The fraction of sp³-hybridized carbons (Fsp3) is 0.294. The van der Waals surface area contributed by atoms with E-state index in [4.69, 9.17) is 14.7 Å². The molecule has 1 aliphatic heterocycles. The zero-order chi connectivity index (χ0) is 15.4. The normalized spacial score (nSPS) is 14.5. The van der Waals surface area contributed by atoms with Gasteiger partial charge in [0, 0.05) is 30.9 Å². The molecular weight excluding hydrogens is 278 g/mol. The first-order valence-electron chi connectivity index (χ1n) is 7.24. The highest BCUT2D eigenvalue weighted by atomic mass is 16.5. The number of benzene rings is 1. The molecule has 1 aromatic heterocycles. The molecule has 112 valence electrons. The van der Waals surface area contributed by atoms with Crippen LogP contribution >= 0.6 is 0 Å². The number of hydrogen-bond acceptors (Lipinski definition) is 5. The Labute approximate surface area is 129 Å². The van der Waals surface area contributed by atoms with Crippen LogP contribution in [0.5, 0.6) is 11.5 Å². The first-order chi connectivity index (χ1) is 10.8. The van der Waals surface area contributed by atoms with Gasteiger partial charge in [-0.2, -0.15) is 5.26 Å². The molecule has 0 radical (unpaired) electrons. The van der Waals surface area contributed by atoms with Crippen LogP contribution in [0.3, 0.4) is 0 Å². The third-order valence-corrected chi connectivity index (χ3v) is 3.48. The van der Waals surface area contributed by atoms with Crippen LogP contribution in [0.1, 0.15) is 11.3 Å². The van der Waals surface area contributed by atoms with Crippen molar-refractivity contribution in [1.29, 1.82) is 5.26 Å². The van der Waals surface area contributed by atoms with E-state index in [9.17, 15) is 0 Å². The van der Waals surface area contributed by atoms with E-state index in [0.717, 1.165) is 24.6 Å². The topological polar surface area (TPSA) is 58.4 Å². The molecule has 0 bridgehead atoms. The molecule has 0 saturated carbocycles. The van der Waals surface area contributed by atoms with Crippen LogP contribution in [0.15, 0.2) is 36.4 Å². The molecule has 1 saturated heterocycles. The number of ether oxygens (including phenoxy) is 2. The van der Waals surface area contributed by atoms with Crippen LogP contribution in [0.2, 0.25) is 0 Å². The van der Waals surface area contributed by atoms with Crippen LogP contribution in [0.4, 0.5) is 5.82 Å². The highest BCUT2D eigenvalue weighted by molar-refractivity contribution is 5.49. The number of anilines is 1. The summed E-state index contributed by atoms with van der Waals surface area (Å²) < 4.78 is 11.3. The minimum absolute atomic E-state index is 0.518. The van der Waals surface area contributed by atoms with Crippen LogP contribution < -0.4 is 9.64 Å². The van der Waals surface area contributed by atoms with Gasteiger partial charge in [0.2, 0.25) is 0 Å². The molecule has 0 amide bonds. The number of rotatable bonds is 3. The third kappa shape index (κ3) is 3.18. The van der Waals surface area contributed by atoms with Crippen molar-refractivity contribution in [3.05, 3.63) is 47.7 Å². The van der Waals surface area contributed by atoms with E-state index in [1.807, 2.05) is 31.2 Å². The smallest absolute Gasteiger partial charge is 0.145 e. The highest BCUT2D eigenvalue weighted by Crippen LogP contribution is 2.28. The van der Waals surface area contributed by atoms with E-state index in [1.165, 1.54) is 0 Å². The standard InChI is InChI=1S/C17H17N3O2/c1-13-10-15(22-16-5-3-2-4-14(16)12-18)11-17(19-13)20-6-8-21-9-7-20/h2-5,10-11H,6-9H2,1H3. The summed E-state index contributed by atoms with van der Waals surface area (Å²) in [6, 6.07) is 13.1. The molecule has 1 aliphatic rings. The summed E-state index contributed by atoms with van der Waals surface area (Å²) in [7, 11) is 0. The number of para-hydroxylation sites is 1. The predicted octanol–water partition coefficient (Wildman–Crippen LogP) is 2.89. The zero-order valence-corrected chi connectivity index (χ0v) is 12.5. The van der Waals surface area contributed by atoms with E-state index >= 15 is 0 Å². The summed E-state index contributed by atoms with van der Waals surface area (Å²) in [4.78, 5) is 6.75. The lowest BCUT2D eigenvalue weighted by Crippen LogP contribution is -2.36. The van der Waals surface area contributed by atoms with E-state index in [0.29, 0.717) is 30.3 Å². The molecule has 5 nitrogen and oxygen atoms in total. The molecule has 1 aromatic carbocycles. The van der Waals surface area contributed by atoms with Crippen molar-refractivity contribution < 1.29 is 9.47 Å². The number of morpholine rings is 1. The van der Waals surface area contributed by atoms with Gasteiger partial charge in [-0.1, -0.05) is 12.1 Å². The summed E-state index contributed by atoms with van der Waals surface area (Å²) in [5, 5.41) is 9.15. The average Bonchev–Trinajstić information content (AvgIpc) is 2.56. The van der Waals surface area contributed by atoms with Crippen LogP contribution in [-0.4, -0.2) is 31.3 Å². The van der Waals surface area contributed by atoms with Crippen molar-refractivity contribution in [2.24, 2.45) is 0 Å². The van der Waals surface area contributed by atoms with Gasteiger partial charge in [-0.25, -0.2) is 4.98 Å². The maximum Gasteiger partial charge on any atom is 0.145 e. The molecule has 0 aliphatic carbocycles. The zero-order valence-electron chi connectivity index (χ0n) is 12.5. The SMILES string of the molecule is Cc1cc(Oc2ccccc2C#N)cc(N2CCOCC2)n1. The Morgan fingerprint density at radius 3 is 2.77 bits per heavy atom. The number of nitrogens with zero attached hydrogens (tertiary/aromatic N) is 3. The van der Waals surface area contributed by atoms with Gasteiger partial charge < -0.3 is 14.4 Å². The fourth-order valence-electron chi connectivity index (χ4n) is 2.41. The number of pyridine rings is 1. The number of hydrogen-bond donors (Lipinski definition) is 0. The Morgan fingerprint density at radius 1 is 1.23 bits per heavy atom. The number of nitriles is 1. The maximum absolute atomic E-state index is 9.15. The lowest BCUT2D eigenvalue weighted by molar-refractivity contribution is 0.122. The molecule has 0 spiro atoms. The third-order valence-electron chi connectivity index (χ3n) is 3.48. The van der Waals surface area contributed by atoms with Crippen molar-refractivity contribution in [3.63, 3.8) is 0 Å². The Balaban J connectivity index is 1.88. The first kappa shape index (κ1) is 14.4. The minimum Gasteiger partial charge on any atom is -0.456 e. The van der Waals surface area contributed by atoms with Gasteiger partial charge in [-0.3, -0.25) is 0 Å². The van der Waals surface area contributed by atoms with Gasteiger partial charge in [-0.15, -0.1) is 0 Å². The number of aromatic nitrogens is 1. The summed E-state index contributed by atoms with van der Waals surface area (Å²) in [5.41, 5.74) is 1.40. The second-order valence-electron chi connectivity index (χ2n) is 5.11. The fourth-order valence-corrected chi connectivity index (χ4v) is 2.41. The Bertz CT molecular complexity index is 703. The maximum atomic E-state index is 9.15. The first-order valence-corrected chi connectivity index (χ1v) is 7.24. The van der Waals surface area contributed by atoms with Gasteiger partial charge in [0.1, 0.15) is 23.4 Å². The quantitative estimate of drug-likeness (QED) is 0.871. The monoisotopic (exact) mass is 295 g/mol. The van der Waals surface area contributed by atoms with Gasteiger partial charge in [0.05, 0.1) is 18.8 Å². The second-order valence-corrected chi connectivity index (χ2v) is 5.11. The molecule has 2 heterocycles. The summed E-state index contributed by atoms with van der Waals surface area (Å²) in [6.45, 7) is 5.01. The van der Waals surface area contributed by atoms with E-state index in [2.05, 4.69) is 16.0 Å². The lowest BCUT2D eigenvalue weighted by Gasteiger charge is -2.28. The second kappa shape index (κ2) is 6.46. The van der Waals surface area contributed by atoms with Crippen LogP contribution in [-0.2, 0) is 4.74 Å². The van der Waals surface area contributed by atoms with Gasteiger partial charge >= 0.3 is 0 Å². The molecule has 22 heavy (non-hydrogen) atoms. The van der Waals surface area contributed by atoms with Crippen LogP contribution in [0, 0.1) is 18.3 Å². The number of aryl methyl sites for hydroxylation is 1. The largest absolute Gasteiger partial charge is 0.456 e. The molecular formula is C17H17N3O2. The van der Waals surface area contributed by atoms with Gasteiger partial charge in [0.15, 0.2) is 0 Å². The van der Waals surface area contributed by atoms with Crippen molar-refractivity contribution in [2.45, 2.75) is 6.92 Å². The van der Waals surface area contributed by atoms with Crippen molar-refractivity contribution in [3.8, 4) is 17.6 Å². The van der Waals surface area contributed by atoms with E-state index < -0.39 is 0 Å². The van der Waals surface area contributed by atoms with E-state index in [-0.39, 0.29) is 0 Å². The summed E-state index contributed by atoms with van der Waals surface area (Å²) in [5.74, 6) is 2.13. The molecule has 0 atom stereocenters. The Hall–Kier alpha value is -2.58.